The number of hydrogen-bond donors (Lipinski definition) is 0. The van der Waals surface area contributed by atoms with Crippen LogP contribution in [0.5, 0.6) is 0 Å². The van der Waals surface area contributed by atoms with Gasteiger partial charge in [-0.2, -0.15) is 0 Å². The molecule has 1 aliphatic rings. The summed E-state index contributed by atoms with van der Waals surface area (Å²) in [4.78, 5) is 27.1. The molecule has 1 fully saturated rings. The quantitative estimate of drug-likeness (QED) is 0.615. The van der Waals surface area contributed by atoms with E-state index in [4.69, 9.17) is 4.74 Å². The van der Waals surface area contributed by atoms with Crippen molar-refractivity contribution in [3.8, 4) is 0 Å². The van der Waals surface area contributed by atoms with Crippen molar-refractivity contribution in [3.63, 3.8) is 0 Å². The SMILES string of the molecule is COC(C)(C)C[C@H]1C(=O)N(C(=O)c2ccccc2)[C@H]1c1ccccc1. The number of benzene rings is 2. The molecule has 2 aromatic rings. The molecule has 0 bridgehead atoms. The van der Waals surface area contributed by atoms with Crippen molar-refractivity contribution < 1.29 is 14.3 Å². The van der Waals surface area contributed by atoms with Gasteiger partial charge < -0.3 is 4.74 Å². The Bertz CT molecular complexity index is 755. The van der Waals surface area contributed by atoms with Crippen LogP contribution in [0.15, 0.2) is 60.7 Å². The number of ether oxygens (including phenoxy) is 1. The van der Waals surface area contributed by atoms with Crippen molar-refractivity contribution in [3.05, 3.63) is 71.8 Å². The molecule has 1 aliphatic heterocycles. The van der Waals surface area contributed by atoms with Crippen molar-refractivity contribution in [2.75, 3.05) is 7.11 Å². The van der Waals surface area contributed by atoms with Gasteiger partial charge in [-0.3, -0.25) is 14.5 Å². The van der Waals surface area contributed by atoms with Crippen molar-refractivity contribution in [2.45, 2.75) is 31.9 Å². The van der Waals surface area contributed by atoms with Gasteiger partial charge in [-0.1, -0.05) is 48.5 Å². The number of methoxy groups -OCH3 is 1. The Hall–Kier alpha value is -2.46. The summed E-state index contributed by atoms with van der Waals surface area (Å²) in [6.45, 7) is 3.92. The number of amides is 2. The average molecular weight is 337 g/mol. The Morgan fingerprint density at radius 3 is 2.16 bits per heavy atom. The molecule has 25 heavy (non-hydrogen) atoms. The normalized spacial score (nSPS) is 20.3. The standard InChI is InChI=1S/C21H23NO3/c1-21(2,25-3)14-17-18(15-10-6-4-7-11-15)22(20(17)24)19(23)16-12-8-5-9-13-16/h4-13,17-18H,14H2,1-3H3/t17-,18+/m1/s1. The summed E-state index contributed by atoms with van der Waals surface area (Å²) in [5, 5.41) is 0. The summed E-state index contributed by atoms with van der Waals surface area (Å²) in [6.07, 6.45) is 0.570. The number of rotatable bonds is 5. The van der Waals surface area contributed by atoms with Gasteiger partial charge >= 0.3 is 0 Å². The van der Waals surface area contributed by atoms with E-state index >= 15 is 0 Å². The summed E-state index contributed by atoms with van der Waals surface area (Å²) < 4.78 is 5.50. The first-order valence-corrected chi connectivity index (χ1v) is 8.47. The minimum Gasteiger partial charge on any atom is -0.379 e. The molecule has 0 aliphatic carbocycles. The number of carbonyl (C=O) groups is 2. The van der Waals surface area contributed by atoms with Crippen LogP contribution in [0.4, 0.5) is 0 Å². The molecule has 2 atom stereocenters. The summed E-state index contributed by atoms with van der Waals surface area (Å²) in [7, 11) is 1.65. The Morgan fingerprint density at radius 2 is 1.60 bits per heavy atom. The lowest BCUT2D eigenvalue weighted by Gasteiger charge is -2.48. The van der Waals surface area contributed by atoms with Gasteiger partial charge in [0.2, 0.25) is 5.91 Å². The highest BCUT2D eigenvalue weighted by atomic mass is 16.5. The van der Waals surface area contributed by atoms with E-state index in [1.54, 1.807) is 31.4 Å². The predicted molar refractivity (Wildman–Crippen MR) is 96.0 cm³/mol. The third-order valence-electron chi connectivity index (χ3n) is 4.86. The fourth-order valence-corrected chi connectivity index (χ4v) is 3.34. The van der Waals surface area contributed by atoms with E-state index in [-0.39, 0.29) is 23.8 Å². The molecule has 0 radical (unpaired) electrons. The fraction of sp³-hybridized carbons (Fsp3) is 0.333. The number of likely N-dealkylation sites (tertiary alicyclic amines) is 1. The van der Waals surface area contributed by atoms with E-state index in [9.17, 15) is 9.59 Å². The zero-order valence-corrected chi connectivity index (χ0v) is 14.8. The Morgan fingerprint density at radius 1 is 1.04 bits per heavy atom. The Balaban J connectivity index is 1.93. The first-order valence-electron chi connectivity index (χ1n) is 8.47. The fourth-order valence-electron chi connectivity index (χ4n) is 3.34. The second-order valence-electron chi connectivity index (χ2n) is 7.01. The van der Waals surface area contributed by atoms with Crippen LogP contribution in [0.3, 0.4) is 0 Å². The van der Waals surface area contributed by atoms with Gasteiger partial charge in [0.15, 0.2) is 0 Å². The van der Waals surface area contributed by atoms with E-state index < -0.39 is 5.60 Å². The molecule has 0 saturated carbocycles. The smallest absolute Gasteiger partial charge is 0.261 e. The summed E-state index contributed by atoms with van der Waals surface area (Å²) >= 11 is 0. The van der Waals surface area contributed by atoms with E-state index in [0.717, 1.165) is 5.56 Å². The summed E-state index contributed by atoms with van der Waals surface area (Å²) in [5.74, 6) is -0.635. The van der Waals surface area contributed by atoms with Crippen molar-refractivity contribution in [1.82, 2.24) is 4.90 Å². The average Bonchev–Trinajstić information content (AvgIpc) is 2.65. The van der Waals surface area contributed by atoms with Gasteiger partial charge in [-0.15, -0.1) is 0 Å². The molecule has 4 nitrogen and oxygen atoms in total. The van der Waals surface area contributed by atoms with Crippen LogP contribution in [-0.4, -0.2) is 29.4 Å². The number of hydrogen-bond acceptors (Lipinski definition) is 3. The molecular formula is C21H23NO3. The van der Waals surface area contributed by atoms with Gasteiger partial charge in [-0.05, 0) is 38.0 Å². The van der Waals surface area contributed by atoms with Crippen LogP contribution in [0.1, 0.15) is 42.2 Å². The topological polar surface area (TPSA) is 46.6 Å². The van der Waals surface area contributed by atoms with Crippen LogP contribution in [0, 0.1) is 5.92 Å². The van der Waals surface area contributed by atoms with Gasteiger partial charge in [-0.25, -0.2) is 0 Å². The van der Waals surface area contributed by atoms with E-state index in [1.807, 2.05) is 50.2 Å². The monoisotopic (exact) mass is 337 g/mol. The number of imide groups is 1. The molecule has 0 spiro atoms. The number of β-lactam (4-membered cyclic amide) rings is 1. The molecule has 2 amide bonds. The second kappa shape index (κ2) is 6.81. The highest BCUT2D eigenvalue weighted by Crippen LogP contribution is 2.45. The third-order valence-corrected chi connectivity index (χ3v) is 4.86. The molecule has 2 aromatic carbocycles. The maximum absolute atomic E-state index is 12.9. The molecule has 1 saturated heterocycles. The molecular weight excluding hydrogens is 314 g/mol. The van der Waals surface area contributed by atoms with Crippen LogP contribution in [-0.2, 0) is 9.53 Å². The molecule has 1 heterocycles. The van der Waals surface area contributed by atoms with Crippen LogP contribution in [0.2, 0.25) is 0 Å². The zero-order chi connectivity index (χ0) is 18.0. The first-order chi connectivity index (χ1) is 11.9. The molecule has 130 valence electrons. The molecule has 4 heteroatoms. The minimum atomic E-state index is -0.421. The Labute approximate surface area is 148 Å². The van der Waals surface area contributed by atoms with E-state index in [2.05, 4.69) is 0 Å². The lowest BCUT2D eigenvalue weighted by Crippen LogP contribution is -2.59. The number of carbonyl (C=O) groups excluding carboxylic acids is 2. The largest absolute Gasteiger partial charge is 0.379 e. The molecule has 3 rings (SSSR count). The van der Waals surface area contributed by atoms with Crippen LogP contribution >= 0.6 is 0 Å². The van der Waals surface area contributed by atoms with Gasteiger partial charge in [0, 0.05) is 12.7 Å². The van der Waals surface area contributed by atoms with E-state index in [1.165, 1.54) is 4.90 Å². The second-order valence-corrected chi connectivity index (χ2v) is 7.01. The number of nitrogens with zero attached hydrogens (tertiary/aromatic N) is 1. The summed E-state index contributed by atoms with van der Waals surface area (Å²) in [5.41, 5.74) is 1.08. The van der Waals surface area contributed by atoms with Gasteiger partial charge in [0.05, 0.1) is 17.6 Å². The highest BCUT2D eigenvalue weighted by Gasteiger charge is 2.52. The first kappa shape index (κ1) is 17.4. The predicted octanol–water partition coefficient (Wildman–Crippen LogP) is 3.84. The lowest BCUT2D eigenvalue weighted by molar-refractivity contribution is -0.156. The molecule has 0 aromatic heterocycles. The van der Waals surface area contributed by atoms with Crippen LogP contribution in [0.25, 0.3) is 0 Å². The van der Waals surface area contributed by atoms with Crippen molar-refractivity contribution >= 4 is 11.8 Å². The van der Waals surface area contributed by atoms with Gasteiger partial charge in [0.1, 0.15) is 0 Å². The van der Waals surface area contributed by atoms with Crippen molar-refractivity contribution in [1.29, 1.82) is 0 Å². The zero-order valence-electron chi connectivity index (χ0n) is 14.8. The Kier molecular flexibility index (Phi) is 4.73. The molecule has 0 unspecified atom stereocenters. The lowest BCUT2D eigenvalue weighted by atomic mass is 9.76. The van der Waals surface area contributed by atoms with Gasteiger partial charge in [0.25, 0.3) is 5.91 Å². The third kappa shape index (κ3) is 3.35. The maximum atomic E-state index is 12.9. The maximum Gasteiger partial charge on any atom is 0.261 e. The van der Waals surface area contributed by atoms with Crippen molar-refractivity contribution in [2.24, 2.45) is 5.92 Å². The van der Waals surface area contributed by atoms with Crippen LogP contribution < -0.4 is 0 Å². The molecule has 0 N–H and O–H groups in total. The highest BCUT2D eigenvalue weighted by molar-refractivity contribution is 6.09. The van der Waals surface area contributed by atoms with E-state index in [0.29, 0.717) is 12.0 Å². The minimum absolute atomic E-state index is 0.132. The summed E-state index contributed by atoms with van der Waals surface area (Å²) in [6, 6.07) is 18.4.